The number of likely N-dealkylation sites (tertiary alicyclic amines) is 2. The molecule has 5 rings (SSSR count). The van der Waals surface area contributed by atoms with Crippen molar-refractivity contribution in [3.8, 4) is 0 Å². The van der Waals surface area contributed by atoms with Gasteiger partial charge >= 0.3 is 6.18 Å². The normalized spacial score (nSPS) is 27.7. The number of amides is 2. The van der Waals surface area contributed by atoms with Gasteiger partial charge in [-0.2, -0.15) is 18.3 Å². The van der Waals surface area contributed by atoms with Crippen molar-refractivity contribution >= 4 is 23.6 Å². The molecule has 1 aromatic heterocycles. The molecule has 37 heavy (non-hydrogen) atoms. The molecule has 0 saturated carbocycles. The SMILES string of the molecule is CC1CC(NC(=O)C2=NC(C(F)(F)F)C(C)CC2)=Cc2cn(CC(=O)N3CC4(CCCN(C)C4)C3)nc21. The van der Waals surface area contributed by atoms with Crippen LogP contribution in [0.2, 0.25) is 0 Å². The molecule has 0 radical (unpaired) electrons. The van der Waals surface area contributed by atoms with E-state index in [-0.39, 0.29) is 42.3 Å². The molecule has 1 aromatic rings. The number of aliphatic imine (C=N–C) groups is 1. The van der Waals surface area contributed by atoms with Gasteiger partial charge in [0.05, 0.1) is 5.69 Å². The lowest BCUT2D eigenvalue weighted by Gasteiger charge is -2.54. The van der Waals surface area contributed by atoms with Crippen LogP contribution in [0.25, 0.3) is 6.08 Å². The molecule has 4 heterocycles. The monoisotopic (exact) mass is 520 g/mol. The molecule has 0 aromatic carbocycles. The lowest BCUT2D eigenvalue weighted by molar-refractivity contribution is -0.158. The molecular formula is C26H35F3N6O2. The Labute approximate surface area is 215 Å². The van der Waals surface area contributed by atoms with E-state index in [0.717, 1.165) is 43.9 Å². The van der Waals surface area contributed by atoms with Crippen LogP contribution < -0.4 is 5.32 Å². The predicted octanol–water partition coefficient (Wildman–Crippen LogP) is 3.20. The molecule has 2 fully saturated rings. The average Bonchev–Trinajstić information content (AvgIpc) is 3.19. The van der Waals surface area contributed by atoms with E-state index < -0.39 is 24.0 Å². The smallest absolute Gasteiger partial charge is 0.340 e. The molecule has 1 spiro atoms. The van der Waals surface area contributed by atoms with Crippen molar-refractivity contribution in [1.82, 2.24) is 24.9 Å². The van der Waals surface area contributed by atoms with E-state index >= 15 is 0 Å². The fourth-order valence-electron chi connectivity index (χ4n) is 6.35. The van der Waals surface area contributed by atoms with Crippen molar-refractivity contribution in [2.45, 2.75) is 70.6 Å². The Balaban J connectivity index is 1.22. The fourth-order valence-corrected chi connectivity index (χ4v) is 6.35. The van der Waals surface area contributed by atoms with E-state index in [2.05, 4.69) is 27.4 Å². The Morgan fingerprint density at radius 3 is 2.68 bits per heavy atom. The molecule has 11 heteroatoms. The number of nitrogens with zero attached hydrogens (tertiary/aromatic N) is 5. The van der Waals surface area contributed by atoms with E-state index in [1.54, 1.807) is 17.0 Å². The second-order valence-corrected chi connectivity index (χ2v) is 11.6. The Bertz CT molecular complexity index is 1130. The van der Waals surface area contributed by atoms with E-state index in [1.165, 1.54) is 13.3 Å². The molecular weight excluding hydrogens is 485 g/mol. The second-order valence-electron chi connectivity index (χ2n) is 11.6. The van der Waals surface area contributed by atoms with E-state index in [1.807, 2.05) is 11.8 Å². The molecule has 2 saturated heterocycles. The second kappa shape index (κ2) is 9.56. The van der Waals surface area contributed by atoms with Crippen molar-refractivity contribution in [3.63, 3.8) is 0 Å². The highest BCUT2D eigenvalue weighted by Crippen LogP contribution is 2.39. The van der Waals surface area contributed by atoms with Gasteiger partial charge in [-0.25, -0.2) is 0 Å². The van der Waals surface area contributed by atoms with Gasteiger partial charge in [-0.05, 0) is 57.7 Å². The van der Waals surface area contributed by atoms with Gasteiger partial charge in [0.15, 0.2) is 0 Å². The van der Waals surface area contributed by atoms with Crippen molar-refractivity contribution in [2.24, 2.45) is 16.3 Å². The van der Waals surface area contributed by atoms with Crippen molar-refractivity contribution in [1.29, 1.82) is 0 Å². The standard InChI is InChI=1S/C26H35F3N6O2/c1-16-5-6-20(31-23(16)26(27,28)29)24(37)30-19-9-17(2)22-18(10-19)11-35(32-22)12-21(36)34-14-25(15-34)7-4-8-33(3)13-25/h10-11,16-17,23H,4-9,12-15H2,1-3H3,(H,30,37). The number of carbonyl (C=O) groups is 2. The Hall–Kier alpha value is -2.69. The zero-order valence-electron chi connectivity index (χ0n) is 21.6. The average molecular weight is 521 g/mol. The van der Waals surface area contributed by atoms with Gasteiger partial charge < -0.3 is 15.1 Å². The van der Waals surface area contributed by atoms with Gasteiger partial charge in [-0.1, -0.05) is 13.8 Å². The van der Waals surface area contributed by atoms with Crippen LogP contribution in [0.4, 0.5) is 13.2 Å². The van der Waals surface area contributed by atoms with Gasteiger partial charge in [0.1, 0.15) is 18.3 Å². The molecule has 1 aliphatic carbocycles. The lowest BCUT2D eigenvalue weighted by Crippen LogP contribution is -2.64. The first-order valence-corrected chi connectivity index (χ1v) is 13.1. The zero-order valence-corrected chi connectivity index (χ0v) is 21.6. The summed E-state index contributed by atoms with van der Waals surface area (Å²) in [6.07, 6.45) is 2.46. The summed E-state index contributed by atoms with van der Waals surface area (Å²) >= 11 is 0. The number of aromatic nitrogens is 2. The molecule has 202 valence electrons. The number of nitrogens with one attached hydrogen (secondary N) is 1. The summed E-state index contributed by atoms with van der Waals surface area (Å²) in [7, 11) is 2.13. The molecule has 8 nitrogen and oxygen atoms in total. The third kappa shape index (κ3) is 5.32. The van der Waals surface area contributed by atoms with Gasteiger partial charge in [0.25, 0.3) is 5.91 Å². The molecule has 3 unspecified atom stereocenters. The van der Waals surface area contributed by atoms with Gasteiger partial charge in [0, 0.05) is 48.4 Å². The number of alkyl halides is 3. The molecule has 4 aliphatic rings. The van der Waals surface area contributed by atoms with Gasteiger partial charge in [-0.15, -0.1) is 0 Å². The maximum absolute atomic E-state index is 13.3. The quantitative estimate of drug-likeness (QED) is 0.661. The summed E-state index contributed by atoms with van der Waals surface area (Å²) in [6, 6.07) is -1.84. The molecule has 3 atom stereocenters. The van der Waals surface area contributed by atoms with Crippen LogP contribution in [0.1, 0.15) is 63.1 Å². The summed E-state index contributed by atoms with van der Waals surface area (Å²) in [5, 5.41) is 7.41. The third-order valence-corrected chi connectivity index (χ3v) is 8.24. The summed E-state index contributed by atoms with van der Waals surface area (Å²) in [5.41, 5.74) is 2.45. The summed E-state index contributed by atoms with van der Waals surface area (Å²) in [6.45, 7) is 7.39. The maximum Gasteiger partial charge on any atom is 0.411 e. The first-order chi connectivity index (χ1) is 17.4. The minimum atomic E-state index is -4.46. The number of piperidine rings is 1. The van der Waals surface area contributed by atoms with Gasteiger partial charge in [0.2, 0.25) is 5.91 Å². The van der Waals surface area contributed by atoms with Crippen molar-refractivity contribution in [2.75, 3.05) is 33.2 Å². The van der Waals surface area contributed by atoms with Crippen molar-refractivity contribution in [3.05, 3.63) is 23.2 Å². The Morgan fingerprint density at radius 1 is 1.22 bits per heavy atom. The van der Waals surface area contributed by atoms with Crippen LogP contribution in [0.15, 0.2) is 16.9 Å². The first kappa shape index (κ1) is 25.9. The van der Waals surface area contributed by atoms with E-state index in [0.29, 0.717) is 12.1 Å². The topological polar surface area (TPSA) is 82.8 Å². The zero-order chi connectivity index (χ0) is 26.5. The summed E-state index contributed by atoms with van der Waals surface area (Å²) < 4.78 is 41.5. The van der Waals surface area contributed by atoms with Crippen molar-refractivity contribution < 1.29 is 22.8 Å². The number of allylic oxidation sites excluding steroid dienone is 1. The Morgan fingerprint density at radius 2 is 1.97 bits per heavy atom. The van der Waals surface area contributed by atoms with Crippen LogP contribution in [0.3, 0.4) is 0 Å². The van der Waals surface area contributed by atoms with Gasteiger partial charge in [-0.3, -0.25) is 19.3 Å². The van der Waals surface area contributed by atoms with E-state index in [9.17, 15) is 22.8 Å². The van der Waals surface area contributed by atoms with Crippen LogP contribution in [-0.4, -0.2) is 82.6 Å². The number of carbonyl (C=O) groups excluding carboxylic acids is 2. The van der Waals surface area contributed by atoms with Crippen LogP contribution in [0.5, 0.6) is 0 Å². The van der Waals surface area contributed by atoms with Crippen LogP contribution >= 0.6 is 0 Å². The highest BCUT2D eigenvalue weighted by atomic mass is 19.4. The maximum atomic E-state index is 13.3. The largest absolute Gasteiger partial charge is 0.411 e. The predicted molar refractivity (Wildman–Crippen MR) is 133 cm³/mol. The number of halogens is 3. The van der Waals surface area contributed by atoms with Crippen LogP contribution in [0, 0.1) is 11.3 Å². The van der Waals surface area contributed by atoms with E-state index in [4.69, 9.17) is 0 Å². The number of fused-ring (bicyclic) bond motifs is 1. The van der Waals surface area contributed by atoms with Crippen LogP contribution in [-0.2, 0) is 16.1 Å². The highest BCUT2D eigenvalue weighted by Gasteiger charge is 2.47. The molecule has 2 amide bonds. The summed E-state index contributed by atoms with van der Waals surface area (Å²) in [5.74, 6) is -1.18. The lowest BCUT2D eigenvalue weighted by atomic mass is 9.73. The fraction of sp³-hybridized carbons (Fsp3) is 0.692. The molecule has 1 N–H and O–H groups in total. The molecule has 0 bridgehead atoms. The summed E-state index contributed by atoms with van der Waals surface area (Å²) in [4.78, 5) is 33.6. The molecule has 3 aliphatic heterocycles. The number of hydrogen-bond acceptors (Lipinski definition) is 5. The minimum Gasteiger partial charge on any atom is -0.340 e. The first-order valence-electron chi connectivity index (χ1n) is 13.1. The number of rotatable bonds is 4. The minimum absolute atomic E-state index is 0.00653. The highest BCUT2D eigenvalue weighted by molar-refractivity contribution is 6.39. The third-order valence-electron chi connectivity index (χ3n) is 8.24. The number of hydrogen-bond donors (Lipinski definition) is 1. The Kier molecular flexibility index (Phi) is 6.70.